The smallest absolute Gasteiger partial charge is 0.318 e. The Balaban J connectivity index is 1.72. The van der Waals surface area contributed by atoms with Crippen molar-refractivity contribution in [3.05, 3.63) is 35.7 Å². The van der Waals surface area contributed by atoms with Crippen LogP contribution in [0.25, 0.3) is 0 Å². The molecule has 0 bridgehead atoms. The van der Waals surface area contributed by atoms with Crippen LogP contribution in [0.2, 0.25) is 0 Å². The summed E-state index contributed by atoms with van der Waals surface area (Å²) in [5.41, 5.74) is 0.763. The van der Waals surface area contributed by atoms with Gasteiger partial charge in [-0.25, -0.2) is 8.42 Å². The van der Waals surface area contributed by atoms with E-state index in [4.69, 9.17) is 4.42 Å². The van der Waals surface area contributed by atoms with Gasteiger partial charge in [-0.2, -0.15) is 4.31 Å². The molecule has 0 unspecified atom stereocenters. The molecule has 1 aliphatic heterocycles. The Kier molecular flexibility index (Phi) is 4.36. The lowest BCUT2D eigenvalue weighted by Gasteiger charge is -2.33. The molecule has 7 nitrogen and oxygen atoms in total. The summed E-state index contributed by atoms with van der Waals surface area (Å²) in [6, 6.07) is 7.53. The molecule has 1 aromatic carbocycles. The minimum atomic E-state index is -3.46. The molecule has 23 heavy (non-hydrogen) atoms. The molecule has 0 spiro atoms. The molecule has 3 rings (SSSR count). The zero-order valence-corrected chi connectivity index (χ0v) is 14.1. The molecule has 0 N–H and O–H groups in total. The van der Waals surface area contributed by atoms with Crippen molar-refractivity contribution in [2.75, 3.05) is 31.1 Å². The first kappa shape index (κ1) is 15.9. The minimum Gasteiger partial charge on any atom is -0.408 e. The van der Waals surface area contributed by atoms with Gasteiger partial charge >= 0.3 is 6.01 Å². The molecule has 1 saturated heterocycles. The van der Waals surface area contributed by atoms with Gasteiger partial charge in [0.15, 0.2) is 0 Å². The molecular formula is C15H20N4O3S. The summed E-state index contributed by atoms with van der Waals surface area (Å²) in [6.07, 6.45) is 0.689. The van der Waals surface area contributed by atoms with Gasteiger partial charge in [-0.05, 0) is 18.6 Å². The van der Waals surface area contributed by atoms with Crippen LogP contribution in [-0.4, -0.2) is 49.1 Å². The predicted molar refractivity (Wildman–Crippen MR) is 85.8 cm³/mol. The maximum absolute atomic E-state index is 12.8. The fraction of sp³-hybridized carbons (Fsp3) is 0.467. The molecule has 0 atom stereocenters. The summed E-state index contributed by atoms with van der Waals surface area (Å²) in [5, 5.41) is 7.96. The second-order valence-corrected chi connectivity index (χ2v) is 7.39. The van der Waals surface area contributed by atoms with E-state index in [0.717, 1.165) is 5.56 Å². The van der Waals surface area contributed by atoms with Gasteiger partial charge in [0, 0.05) is 32.6 Å². The molecule has 1 fully saturated rings. The second kappa shape index (κ2) is 6.29. The van der Waals surface area contributed by atoms with Crippen molar-refractivity contribution in [2.24, 2.45) is 0 Å². The third-order valence-corrected chi connectivity index (χ3v) is 6.04. The number of piperazine rings is 1. The second-order valence-electron chi connectivity index (χ2n) is 5.49. The van der Waals surface area contributed by atoms with Gasteiger partial charge in [-0.15, -0.1) is 5.10 Å². The third kappa shape index (κ3) is 3.09. The predicted octanol–water partition coefficient (Wildman–Crippen LogP) is 1.45. The highest BCUT2D eigenvalue weighted by Crippen LogP contribution is 2.22. The number of hydrogen-bond acceptors (Lipinski definition) is 6. The summed E-state index contributed by atoms with van der Waals surface area (Å²) in [4.78, 5) is 2.30. The number of nitrogens with zero attached hydrogens (tertiary/aromatic N) is 4. The Morgan fingerprint density at radius 3 is 2.43 bits per heavy atom. The van der Waals surface area contributed by atoms with Crippen LogP contribution < -0.4 is 4.90 Å². The van der Waals surface area contributed by atoms with E-state index in [0.29, 0.717) is 49.4 Å². The van der Waals surface area contributed by atoms with E-state index < -0.39 is 10.0 Å². The first-order valence-corrected chi connectivity index (χ1v) is 9.09. The van der Waals surface area contributed by atoms with E-state index in [9.17, 15) is 8.42 Å². The number of sulfonamides is 1. The summed E-state index contributed by atoms with van der Waals surface area (Å²) >= 11 is 0. The number of hydrogen-bond donors (Lipinski definition) is 0. The third-order valence-electron chi connectivity index (χ3n) is 3.98. The van der Waals surface area contributed by atoms with Crippen molar-refractivity contribution in [2.45, 2.75) is 25.2 Å². The van der Waals surface area contributed by atoms with Crippen LogP contribution in [0.1, 0.15) is 18.4 Å². The molecule has 1 aliphatic rings. The molecule has 124 valence electrons. The first-order valence-electron chi connectivity index (χ1n) is 7.65. The van der Waals surface area contributed by atoms with Crippen LogP contribution in [0.15, 0.2) is 33.6 Å². The quantitative estimate of drug-likeness (QED) is 0.841. The number of aryl methyl sites for hydroxylation is 2. The van der Waals surface area contributed by atoms with Gasteiger partial charge in [0.05, 0.1) is 4.90 Å². The summed E-state index contributed by atoms with van der Waals surface area (Å²) in [6.45, 7) is 5.64. The Labute approximate surface area is 136 Å². The lowest BCUT2D eigenvalue weighted by Crippen LogP contribution is -2.48. The molecule has 0 amide bonds. The molecule has 0 radical (unpaired) electrons. The van der Waals surface area contributed by atoms with E-state index in [2.05, 4.69) is 10.2 Å². The van der Waals surface area contributed by atoms with Crippen LogP contribution in [0.5, 0.6) is 0 Å². The summed E-state index contributed by atoms with van der Waals surface area (Å²) < 4.78 is 32.6. The standard InChI is InChI=1S/C15H20N4O3S/c1-3-14-16-17-15(22-14)18-8-10-19(11-9-18)23(20,21)13-7-5-4-6-12(13)2/h4-7H,3,8-11H2,1-2H3. The fourth-order valence-corrected chi connectivity index (χ4v) is 4.27. The van der Waals surface area contributed by atoms with Crippen LogP contribution in [-0.2, 0) is 16.4 Å². The highest BCUT2D eigenvalue weighted by Gasteiger charge is 2.30. The Hall–Kier alpha value is -1.93. The van der Waals surface area contributed by atoms with E-state index in [-0.39, 0.29) is 0 Å². The minimum absolute atomic E-state index is 0.375. The lowest BCUT2D eigenvalue weighted by atomic mass is 10.2. The number of anilines is 1. The first-order chi connectivity index (χ1) is 11.0. The van der Waals surface area contributed by atoms with E-state index in [1.165, 1.54) is 4.31 Å². The SMILES string of the molecule is CCc1nnc(N2CCN(S(=O)(=O)c3ccccc3C)CC2)o1. The average molecular weight is 336 g/mol. The van der Waals surface area contributed by atoms with Gasteiger partial charge in [-0.1, -0.05) is 30.2 Å². The lowest BCUT2D eigenvalue weighted by molar-refractivity contribution is 0.369. The number of rotatable bonds is 4. The molecule has 8 heteroatoms. The van der Waals surface area contributed by atoms with Crippen LogP contribution in [0.3, 0.4) is 0 Å². The zero-order chi connectivity index (χ0) is 16.4. The van der Waals surface area contributed by atoms with Crippen molar-refractivity contribution >= 4 is 16.0 Å². The highest BCUT2D eigenvalue weighted by atomic mass is 32.2. The van der Waals surface area contributed by atoms with E-state index in [1.807, 2.05) is 30.9 Å². The maximum atomic E-state index is 12.8. The Morgan fingerprint density at radius 2 is 1.83 bits per heavy atom. The van der Waals surface area contributed by atoms with Crippen LogP contribution in [0, 0.1) is 6.92 Å². The number of benzene rings is 1. The molecule has 0 saturated carbocycles. The Morgan fingerprint density at radius 1 is 1.13 bits per heavy atom. The monoisotopic (exact) mass is 336 g/mol. The average Bonchev–Trinajstić information content (AvgIpc) is 3.04. The van der Waals surface area contributed by atoms with Gasteiger partial charge in [0.1, 0.15) is 0 Å². The van der Waals surface area contributed by atoms with Crippen LogP contribution in [0.4, 0.5) is 6.01 Å². The largest absolute Gasteiger partial charge is 0.408 e. The normalized spacial score (nSPS) is 16.7. The van der Waals surface area contributed by atoms with E-state index in [1.54, 1.807) is 12.1 Å². The molecule has 0 aliphatic carbocycles. The van der Waals surface area contributed by atoms with Crippen molar-refractivity contribution in [1.29, 1.82) is 0 Å². The molecule has 2 aromatic rings. The zero-order valence-electron chi connectivity index (χ0n) is 13.3. The van der Waals surface area contributed by atoms with E-state index >= 15 is 0 Å². The van der Waals surface area contributed by atoms with Crippen molar-refractivity contribution < 1.29 is 12.8 Å². The highest BCUT2D eigenvalue weighted by molar-refractivity contribution is 7.89. The van der Waals surface area contributed by atoms with Crippen molar-refractivity contribution in [3.8, 4) is 0 Å². The van der Waals surface area contributed by atoms with Gasteiger partial charge in [-0.3, -0.25) is 0 Å². The molecule has 1 aromatic heterocycles. The topological polar surface area (TPSA) is 79.5 Å². The van der Waals surface area contributed by atoms with Crippen molar-refractivity contribution in [1.82, 2.24) is 14.5 Å². The van der Waals surface area contributed by atoms with Crippen LogP contribution >= 0.6 is 0 Å². The fourth-order valence-electron chi connectivity index (χ4n) is 2.62. The van der Waals surface area contributed by atoms with Gasteiger partial charge in [0.2, 0.25) is 15.9 Å². The maximum Gasteiger partial charge on any atom is 0.318 e. The molecular weight excluding hydrogens is 316 g/mol. The summed E-state index contributed by atoms with van der Waals surface area (Å²) in [7, 11) is -3.46. The summed E-state index contributed by atoms with van der Waals surface area (Å²) in [5.74, 6) is 0.593. The molecule has 2 heterocycles. The van der Waals surface area contributed by atoms with Gasteiger partial charge in [0.25, 0.3) is 0 Å². The number of aromatic nitrogens is 2. The van der Waals surface area contributed by atoms with Gasteiger partial charge < -0.3 is 9.32 Å². The van der Waals surface area contributed by atoms with Crippen molar-refractivity contribution in [3.63, 3.8) is 0 Å². The Bertz CT molecular complexity index is 780.